The normalized spacial score (nSPS) is 12.7. The van der Waals surface area contributed by atoms with Crippen molar-refractivity contribution in [1.29, 1.82) is 0 Å². The average Bonchev–Trinajstić information content (AvgIpc) is 2.47. The van der Waals surface area contributed by atoms with Gasteiger partial charge < -0.3 is 10.2 Å². The van der Waals surface area contributed by atoms with E-state index in [9.17, 15) is 10.2 Å². The lowest BCUT2D eigenvalue weighted by atomic mass is 10.1. The molecule has 20 heavy (non-hydrogen) atoms. The van der Waals surface area contributed by atoms with E-state index >= 15 is 0 Å². The summed E-state index contributed by atoms with van der Waals surface area (Å²) in [6.45, 7) is -0.0489. The molecule has 0 aromatic heterocycles. The fraction of sp³-hybridized carbons (Fsp3) is 0.188. The Kier molecular flexibility index (Phi) is 5.16. The van der Waals surface area contributed by atoms with Crippen molar-refractivity contribution in [2.75, 3.05) is 6.61 Å². The van der Waals surface area contributed by atoms with Gasteiger partial charge in [-0.3, -0.25) is 4.99 Å². The molecule has 2 rings (SSSR count). The number of aliphatic hydroxyl groups is 1. The monoisotopic (exact) mass is 289 g/mol. The number of hydrogen-bond acceptors (Lipinski definition) is 3. The van der Waals surface area contributed by atoms with Crippen LogP contribution >= 0.6 is 11.6 Å². The molecule has 0 fully saturated rings. The van der Waals surface area contributed by atoms with E-state index in [1.54, 1.807) is 18.3 Å². The van der Waals surface area contributed by atoms with E-state index in [0.29, 0.717) is 17.0 Å². The molecule has 0 aliphatic heterocycles. The Bertz CT molecular complexity index is 584. The summed E-state index contributed by atoms with van der Waals surface area (Å²) in [4.78, 5) is 4.32. The SMILES string of the molecule is OC[C@H](Cc1ccccc1)N=Cc1cc(Cl)ccc1O. The van der Waals surface area contributed by atoms with Crippen molar-refractivity contribution in [3.63, 3.8) is 0 Å². The molecule has 0 aliphatic carbocycles. The molecule has 2 aromatic carbocycles. The van der Waals surface area contributed by atoms with Gasteiger partial charge in [0.1, 0.15) is 5.75 Å². The van der Waals surface area contributed by atoms with E-state index in [0.717, 1.165) is 5.56 Å². The zero-order valence-corrected chi connectivity index (χ0v) is 11.7. The van der Waals surface area contributed by atoms with Crippen LogP contribution in [0, 0.1) is 0 Å². The second-order valence-electron chi connectivity index (χ2n) is 4.51. The molecule has 1 atom stereocenters. The number of rotatable bonds is 5. The number of benzene rings is 2. The average molecular weight is 290 g/mol. The van der Waals surface area contributed by atoms with Gasteiger partial charge in [0.05, 0.1) is 12.6 Å². The van der Waals surface area contributed by atoms with Crippen LogP contribution in [0.15, 0.2) is 53.5 Å². The molecule has 0 saturated carbocycles. The van der Waals surface area contributed by atoms with E-state index in [1.165, 1.54) is 6.07 Å². The van der Waals surface area contributed by atoms with Gasteiger partial charge in [-0.1, -0.05) is 41.9 Å². The number of aliphatic hydroxyl groups excluding tert-OH is 1. The molecule has 104 valence electrons. The van der Waals surface area contributed by atoms with Crippen LogP contribution in [0.4, 0.5) is 0 Å². The van der Waals surface area contributed by atoms with Gasteiger partial charge in [0.25, 0.3) is 0 Å². The van der Waals surface area contributed by atoms with Crippen molar-refractivity contribution < 1.29 is 10.2 Å². The molecule has 2 aromatic rings. The largest absolute Gasteiger partial charge is 0.507 e. The van der Waals surface area contributed by atoms with Crippen molar-refractivity contribution in [2.24, 2.45) is 4.99 Å². The highest BCUT2D eigenvalue weighted by atomic mass is 35.5. The summed E-state index contributed by atoms with van der Waals surface area (Å²) in [5.74, 6) is 0.120. The van der Waals surface area contributed by atoms with E-state index in [-0.39, 0.29) is 18.4 Å². The maximum absolute atomic E-state index is 9.70. The lowest BCUT2D eigenvalue weighted by Crippen LogP contribution is -2.14. The summed E-state index contributed by atoms with van der Waals surface area (Å²) in [5.41, 5.74) is 1.66. The van der Waals surface area contributed by atoms with Crippen LogP contribution in [-0.2, 0) is 6.42 Å². The molecule has 0 aliphatic rings. The number of hydrogen-bond donors (Lipinski definition) is 2. The second-order valence-corrected chi connectivity index (χ2v) is 4.94. The van der Waals surface area contributed by atoms with Crippen LogP contribution in [0.3, 0.4) is 0 Å². The van der Waals surface area contributed by atoms with E-state index in [4.69, 9.17) is 11.6 Å². The highest BCUT2D eigenvalue weighted by Crippen LogP contribution is 2.20. The molecule has 2 N–H and O–H groups in total. The quantitative estimate of drug-likeness (QED) is 0.831. The molecule has 0 spiro atoms. The summed E-state index contributed by atoms with van der Waals surface area (Å²) in [5, 5.41) is 19.6. The number of nitrogens with zero attached hydrogens (tertiary/aromatic N) is 1. The fourth-order valence-electron chi connectivity index (χ4n) is 1.87. The van der Waals surface area contributed by atoms with Gasteiger partial charge in [0, 0.05) is 16.8 Å². The zero-order valence-electron chi connectivity index (χ0n) is 10.9. The lowest BCUT2D eigenvalue weighted by molar-refractivity contribution is 0.266. The minimum atomic E-state index is -0.240. The highest BCUT2D eigenvalue weighted by Gasteiger charge is 2.06. The van der Waals surface area contributed by atoms with Crippen LogP contribution in [0.2, 0.25) is 5.02 Å². The summed E-state index contributed by atoms with van der Waals surface area (Å²) < 4.78 is 0. The summed E-state index contributed by atoms with van der Waals surface area (Å²) in [6, 6.07) is 14.4. The molecular formula is C16H16ClNO2. The lowest BCUT2D eigenvalue weighted by Gasteiger charge is -2.09. The van der Waals surface area contributed by atoms with E-state index < -0.39 is 0 Å². The fourth-order valence-corrected chi connectivity index (χ4v) is 2.05. The van der Waals surface area contributed by atoms with Crippen LogP contribution in [-0.4, -0.2) is 29.1 Å². The molecule has 4 heteroatoms. The van der Waals surface area contributed by atoms with Crippen molar-refractivity contribution >= 4 is 17.8 Å². The smallest absolute Gasteiger partial charge is 0.124 e. The number of phenolic OH excluding ortho intramolecular Hbond substituents is 1. The van der Waals surface area contributed by atoms with Crippen LogP contribution < -0.4 is 0 Å². The first kappa shape index (κ1) is 14.6. The van der Waals surface area contributed by atoms with Crippen LogP contribution in [0.25, 0.3) is 0 Å². The minimum Gasteiger partial charge on any atom is -0.507 e. The van der Waals surface area contributed by atoms with Gasteiger partial charge in [-0.2, -0.15) is 0 Å². The third-order valence-corrected chi connectivity index (χ3v) is 3.17. The molecule has 0 radical (unpaired) electrons. The first-order valence-electron chi connectivity index (χ1n) is 6.35. The Labute approximate surface area is 123 Å². The molecular weight excluding hydrogens is 274 g/mol. The first-order chi connectivity index (χ1) is 9.69. The number of halogens is 1. The second kappa shape index (κ2) is 7.08. The van der Waals surface area contributed by atoms with Gasteiger partial charge in [-0.15, -0.1) is 0 Å². The van der Waals surface area contributed by atoms with Gasteiger partial charge in [0.15, 0.2) is 0 Å². The third kappa shape index (κ3) is 4.08. The third-order valence-electron chi connectivity index (χ3n) is 2.94. The van der Waals surface area contributed by atoms with Crippen molar-refractivity contribution in [1.82, 2.24) is 0 Å². The summed E-state index contributed by atoms with van der Waals surface area (Å²) in [6.07, 6.45) is 2.19. The van der Waals surface area contributed by atoms with Crippen molar-refractivity contribution in [2.45, 2.75) is 12.5 Å². The molecule has 0 bridgehead atoms. The van der Waals surface area contributed by atoms with Gasteiger partial charge in [0.2, 0.25) is 0 Å². The topological polar surface area (TPSA) is 52.8 Å². The van der Waals surface area contributed by atoms with Crippen LogP contribution in [0.5, 0.6) is 5.75 Å². The van der Waals surface area contributed by atoms with Crippen molar-refractivity contribution in [3.05, 3.63) is 64.7 Å². The Morgan fingerprint density at radius 3 is 2.60 bits per heavy atom. The van der Waals surface area contributed by atoms with E-state index in [2.05, 4.69) is 4.99 Å². The maximum atomic E-state index is 9.70. The minimum absolute atomic E-state index is 0.0489. The Hall–Kier alpha value is -1.84. The molecule has 0 heterocycles. The standard InChI is InChI=1S/C16H16ClNO2/c17-14-6-7-16(20)13(9-14)10-18-15(11-19)8-12-4-2-1-3-5-12/h1-7,9-10,15,19-20H,8,11H2/t15-/m0/s1. The first-order valence-corrected chi connectivity index (χ1v) is 6.73. The van der Waals surface area contributed by atoms with Gasteiger partial charge in [-0.05, 0) is 30.2 Å². The Balaban J connectivity index is 2.09. The molecule has 0 unspecified atom stereocenters. The highest BCUT2D eigenvalue weighted by molar-refractivity contribution is 6.30. The number of aromatic hydroxyl groups is 1. The Morgan fingerprint density at radius 1 is 1.15 bits per heavy atom. The van der Waals surface area contributed by atoms with Crippen LogP contribution in [0.1, 0.15) is 11.1 Å². The summed E-state index contributed by atoms with van der Waals surface area (Å²) >= 11 is 5.87. The predicted octanol–water partition coefficient (Wildman–Crippen LogP) is 3.07. The number of phenols is 1. The molecule has 0 saturated heterocycles. The van der Waals surface area contributed by atoms with Gasteiger partial charge >= 0.3 is 0 Å². The predicted molar refractivity (Wildman–Crippen MR) is 81.7 cm³/mol. The maximum Gasteiger partial charge on any atom is 0.124 e. The number of aliphatic imine (C=N–C) groups is 1. The molecule has 0 amide bonds. The Morgan fingerprint density at radius 2 is 1.90 bits per heavy atom. The van der Waals surface area contributed by atoms with E-state index in [1.807, 2.05) is 30.3 Å². The van der Waals surface area contributed by atoms with Gasteiger partial charge in [-0.25, -0.2) is 0 Å². The molecule has 3 nitrogen and oxygen atoms in total. The van der Waals surface area contributed by atoms with Crippen molar-refractivity contribution in [3.8, 4) is 5.75 Å². The summed E-state index contributed by atoms with van der Waals surface area (Å²) in [7, 11) is 0. The zero-order chi connectivity index (χ0) is 14.4.